The second kappa shape index (κ2) is 4.82. The number of carbonyl (C=O) groups is 1. The highest BCUT2D eigenvalue weighted by Crippen LogP contribution is 1.96. The minimum Gasteiger partial charge on any atom is -0.351 e. The van der Waals surface area contributed by atoms with E-state index in [-0.39, 0.29) is 5.91 Å². The number of amides is 1. The average molecular weight is 185 g/mol. The number of rotatable bonds is 4. The third-order valence-corrected chi connectivity index (χ3v) is 1.91. The zero-order valence-electron chi connectivity index (χ0n) is 6.91. The van der Waals surface area contributed by atoms with Crippen molar-refractivity contribution in [2.45, 2.75) is 19.8 Å². The van der Waals surface area contributed by atoms with Gasteiger partial charge in [-0.3, -0.25) is 4.79 Å². The number of nitrogens with zero attached hydrogens (tertiary/aromatic N) is 2. The van der Waals surface area contributed by atoms with Crippen LogP contribution in [-0.4, -0.2) is 22.0 Å². The van der Waals surface area contributed by atoms with Gasteiger partial charge in [0.05, 0.1) is 0 Å². The second-order valence-electron chi connectivity index (χ2n) is 2.40. The molecule has 0 spiro atoms. The largest absolute Gasteiger partial charge is 0.351 e. The molecule has 0 saturated carbocycles. The van der Waals surface area contributed by atoms with Crippen LogP contribution in [-0.2, 0) is 0 Å². The molecule has 1 amide bonds. The van der Waals surface area contributed by atoms with Crippen molar-refractivity contribution in [2.75, 3.05) is 6.54 Å². The van der Waals surface area contributed by atoms with Gasteiger partial charge < -0.3 is 5.32 Å². The summed E-state index contributed by atoms with van der Waals surface area (Å²) in [6, 6.07) is 0. The van der Waals surface area contributed by atoms with Gasteiger partial charge in [-0.05, 0) is 18.0 Å². The summed E-state index contributed by atoms with van der Waals surface area (Å²) in [5, 5.41) is 8.04. The molecule has 0 saturated heterocycles. The van der Waals surface area contributed by atoms with Gasteiger partial charge in [-0.15, -0.1) is 5.10 Å². The number of nitrogens with one attached hydrogen (secondary N) is 1. The summed E-state index contributed by atoms with van der Waals surface area (Å²) in [7, 11) is 0. The molecule has 66 valence electrons. The molecule has 1 aromatic rings. The van der Waals surface area contributed by atoms with Crippen molar-refractivity contribution >= 4 is 17.4 Å². The van der Waals surface area contributed by atoms with E-state index >= 15 is 0 Å². The number of carbonyl (C=O) groups excluding carboxylic acids is 1. The average Bonchev–Trinajstić information content (AvgIpc) is 2.56. The van der Waals surface area contributed by atoms with Crippen LogP contribution in [0.25, 0.3) is 0 Å². The molecule has 0 aliphatic heterocycles. The zero-order chi connectivity index (χ0) is 8.81. The number of hydrogen-bond donors (Lipinski definition) is 1. The molecule has 12 heavy (non-hydrogen) atoms. The van der Waals surface area contributed by atoms with E-state index in [4.69, 9.17) is 0 Å². The molecule has 1 aromatic heterocycles. The Morgan fingerprint density at radius 2 is 2.58 bits per heavy atom. The Hall–Kier alpha value is -0.970. The Bertz CT molecular complexity index is 235. The van der Waals surface area contributed by atoms with E-state index in [9.17, 15) is 4.79 Å². The summed E-state index contributed by atoms with van der Waals surface area (Å²) >= 11 is 1.19. The van der Waals surface area contributed by atoms with Crippen molar-refractivity contribution in [3.8, 4) is 0 Å². The van der Waals surface area contributed by atoms with Crippen molar-refractivity contribution in [1.29, 1.82) is 0 Å². The Morgan fingerprint density at radius 1 is 1.75 bits per heavy atom. The van der Waals surface area contributed by atoms with Crippen LogP contribution in [0.3, 0.4) is 0 Å². The van der Waals surface area contributed by atoms with Crippen LogP contribution in [0, 0.1) is 0 Å². The minimum absolute atomic E-state index is 0.128. The van der Waals surface area contributed by atoms with Gasteiger partial charge in [0.25, 0.3) is 5.91 Å². The summed E-state index contributed by atoms with van der Waals surface area (Å²) < 4.78 is 3.60. The van der Waals surface area contributed by atoms with Gasteiger partial charge in [0.15, 0.2) is 5.69 Å². The molecular weight excluding hydrogens is 174 g/mol. The molecule has 0 bridgehead atoms. The Balaban J connectivity index is 2.30. The molecule has 0 aliphatic carbocycles. The smallest absolute Gasteiger partial charge is 0.272 e. The summed E-state index contributed by atoms with van der Waals surface area (Å²) in [4.78, 5) is 11.2. The molecular formula is C7H11N3OS. The van der Waals surface area contributed by atoms with Crippen molar-refractivity contribution in [3.05, 3.63) is 11.1 Å². The number of unbranched alkanes of at least 4 members (excludes halogenated alkanes) is 1. The highest BCUT2D eigenvalue weighted by molar-refractivity contribution is 7.03. The molecule has 4 nitrogen and oxygen atoms in total. The maximum absolute atomic E-state index is 11.2. The van der Waals surface area contributed by atoms with Crippen molar-refractivity contribution in [1.82, 2.24) is 14.9 Å². The lowest BCUT2D eigenvalue weighted by atomic mass is 10.3. The predicted octanol–water partition coefficient (Wildman–Crippen LogP) is 1.07. The van der Waals surface area contributed by atoms with E-state index in [1.54, 1.807) is 5.38 Å². The van der Waals surface area contributed by atoms with Gasteiger partial charge >= 0.3 is 0 Å². The predicted molar refractivity (Wildman–Crippen MR) is 47.2 cm³/mol. The van der Waals surface area contributed by atoms with E-state index in [1.807, 2.05) is 0 Å². The molecule has 0 aromatic carbocycles. The molecule has 5 heteroatoms. The first-order chi connectivity index (χ1) is 5.84. The van der Waals surface area contributed by atoms with Crippen LogP contribution in [0.4, 0.5) is 0 Å². The first-order valence-corrected chi connectivity index (χ1v) is 4.73. The molecule has 0 unspecified atom stereocenters. The van der Waals surface area contributed by atoms with Crippen molar-refractivity contribution in [3.63, 3.8) is 0 Å². The van der Waals surface area contributed by atoms with Gasteiger partial charge in [0.1, 0.15) is 0 Å². The van der Waals surface area contributed by atoms with E-state index in [0.29, 0.717) is 12.2 Å². The van der Waals surface area contributed by atoms with E-state index < -0.39 is 0 Å². The lowest BCUT2D eigenvalue weighted by molar-refractivity contribution is 0.0948. The van der Waals surface area contributed by atoms with Crippen LogP contribution in [0.15, 0.2) is 5.38 Å². The molecule has 0 fully saturated rings. The summed E-state index contributed by atoms with van der Waals surface area (Å²) in [5.74, 6) is -0.128. The van der Waals surface area contributed by atoms with E-state index in [1.165, 1.54) is 11.5 Å². The summed E-state index contributed by atoms with van der Waals surface area (Å²) in [6.07, 6.45) is 2.08. The van der Waals surface area contributed by atoms with Crippen LogP contribution in [0.1, 0.15) is 30.3 Å². The van der Waals surface area contributed by atoms with Crippen molar-refractivity contribution < 1.29 is 4.79 Å². The third kappa shape index (κ3) is 2.58. The molecule has 1 rings (SSSR count). The summed E-state index contributed by atoms with van der Waals surface area (Å²) in [5.41, 5.74) is 0.413. The van der Waals surface area contributed by atoms with Gasteiger partial charge in [-0.25, -0.2) is 0 Å². The second-order valence-corrected chi connectivity index (χ2v) is 3.01. The Morgan fingerprint density at radius 3 is 3.17 bits per heavy atom. The van der Waals surface area contributed by atoms with Crippen LogP contribution < -0.4 is 5.32 Å². The van der Waals surface area contributed by atoms with Crippen LogP contribution in [0.5, 0.6) is 0 Å². The molecule has 1 N–H and O–H groups in total. The fraction of sp³-hybridized carbons (Fsp3) is 0.571. The van der Waals surface area contributed by atoms with Gasteiger partial charge in [0, 0.05) is 11.9 Å². The lowest BCUT2D eigenvalue weighted by Crippen LogP contribution is -2.24. The zero-order valence-corrected chi connectivity index (χ0v) is 7.73. The van der Waals surface area contributed by atoms with E-state index in [2.05, 4.69) is 21.8 Å². The fourth-order valence-electron chi connectivity index (χ4n) is 0.733. The van der Waals surface area contributed by atoms with Gasteiger partial charge in [-0.1, -0.05) is 17.8 Å². The molecule has 0 aliphatic rings. The quantitative estimate of drug-likeness (QED) is 0.714. The van der Waals surface area contributed by atoms with Crippen LogP contribution in [0.2, 0.25) is 0 Å². The fourth-order valence-corrected chi connectivity index (χ4v) is 1.17. The Kier molecular flexibility index (Phi) is 3.66. The Labute approximate surface area is 75.2 Å². The topological polar surface area (TPSA) is 54.9 Å². The molecule has 0 radical (unpaired) electrons. The van der Waals surface area contributed by atoms with Crippen LogP contribution >= 0.6 is 11.5 Å². The third-order valence-electron chi connectivity index (χ3n) is 1.41. The minimum atomic E-state index is -0.128. The van der Waals surface area contributed by atoms with Gasteiger partial charge in [0.2, 0.25) is 0 Å². The van der Waals surface area contributed by atoms with Gasteiger partial charge in [-0.2, -0.15) is 0 Å². The SMILES string of the molecule is CCCCNC(=O)c1csnn1. The highest BCUT2D eigenvalue weighted by Gasteiger charge is 2.06. The van der Waals surface area contributed by atoms with E-state index in [0.717, 1.165) is 12.8 Å². The first-order valence-electron chi connectivity index (χ1n) is 3.90. The number of aromatic nitrogens is 2. The maximum Gasteiger partial charge on any atom is 0.272 e. The van der Waals surface area contributed by atoms with Crippen molar-refractivity contribution in [2.24, 2.45) is 0 Å². The molecule has 1 heterocycles. The lowest BCUT2D eigenvalue weighted by Gasteiger charge is -1.99. The highest BCUT2D eigenvalue weighted by atomic mass is 32.1. The monoisotopic (exact) mass is 185 g/mol. The normalized spacial score (nSPS) is 9.75. The first kappa shape index (κ1) is 9.12. The number of hydrogen-bond acceptors (Lipinski definition) is 4. The molecule has 0 atom stereocenters. The standard InChI is InChI=1S/C7H11N3OS/c1-2-3-4-8-7(11)6-5-12-10-9-6/h5H,2-4H2,1H3,(H,8,11). The maximum atomic E-state index is 11.2. The summed E-state index contributed by atoms with van der Waals surface area (Å²) in [6.45, 7) is 2.80.